The van der Waals surface area contributed by atoms with Gasteiger partial charge in [0, 0.05) is 19.2 Å². The number of thiazole rings is 1. The second-order valence-corrected chi connectivity index (χ2v) is 6.66. The van der Waals surface area contributed by atoms with Gasteiger partial charge in [-0.2, -0.15) is 18.3 Å². The van der Waals surface area contributed by atoms with E-state index in [2.05, 4.69) is 15.4 Å². The van der Waals surface area contributed by atoms with Crippen molar-refractivity contribution < 1.29 is 22.7 Å². The van der Waals surface area contributed by atoms with Crippen LogP contribution in [0.3, 0.4) is 0 Å². The summed E-state index contributed by atoms with van der Waals surface area (Å²) in [5, 5.41) is 7.18. The number of ether oxygens (including phenoxy) is 1. The maximum Gasteiger partial charge on any atom is 0.422 e. The van der Waals surface area contributed by atoms with Gasteiger partial charge in [0.15, 0.2) is 11.7 Å². The van der Waals surface area contributed by atoms with Crippen molar-refractivity contribution in [2.45, 2.75) is 26.1 Å². The number of aryl methyl sites for hydroxylation is 2. The van der Waals surface area contributed by atoms with E-state index in [1.54, 1.807) is 16.9 Å². The maximum atomic E-state index is 12.2. The van der Waals surface area contributed by atoms with Crippen LogP contribution in [0.15, 0.2) is 30.6 Å². The molecule has 0 atom stereocenters. The highest BCUT2D eigenvalue weighted by Gasteiger charge is 2.28. The lowest BCUT2D eigenvalue weighted by atomic mass is 10.3. The number of aromatic nitrogens is 3. The fourth-order valence-corrected chi connectivity index (χ4v) is 3.11. The minimum atomic E-state index is -4.39. The van der Waals surface area contributed by atoms with Gasteiger partial charge in [-0.15, -0.1) is 0 Å². The standard InChI is InChI=1S/C16H15F3N4O2S/c1-10-7-20-23(8-10)5-4-14(24)22-15-21-12-3-2-11(6-13(12)26-15)25-9-16(17,18)19/h2-3,6-8H,4-5,9H2,1H3,(H,21,22,24). The minimum absolute atomic E-state index is 0.102. The van der Waals surface area contributed by atoms with Crippen molar-refractivity contribution in [1.82, 2.24) is 14.8 Å². The van der Waals surface area contributed by atoms with E-state index >= 15 is 0 Å². The Hall–Kier alpha value is -2.62. The Morgan fingerprint density at radius 3 is 2.88 bits per heavy atom. The van der Waals surface area contributed by atoms with Gasteiger partial charge in [-0.05, 0) is 30.7 Å². The average molecular weight is 384 g/mol. The van der Waals surface area contributed by atoms with Gasteiger partial charge >= 0.3 is 6.18 Å². The molecule has 0 spiro atoms. The lowest BCUT2D eigenvalue weighted by molar-refractivity contribution is -0.153. The summed E-state index contributed by atoms with van der Waals surface area (Å²) in [6.45, 7) is 1.01. The normalized spacial score (nSPS) is 11.7. The fourth-order valence-electron chi connectivity index (χ4n) is 2.20. The molecule has 0 saturated carbocycles. The lowest BCUT2D eigenvalue weighted by Gasteiger charge is -2.08. The molecule has 0 bridgehead atoms. The SMILES string of the molecule is Cc1cnn(CCC(=O)Nc2nc3ccc(OCC(F)(F)F)cc3s2)c1. The van der Waals surface area contributed by atoms with E-state index in [9.17, 15) is 18.0 Å². The molecule has 1 N–H and O–H groups in total. The molecular formula is C16H15F3N4O2S. The molecule has 138 valence electrons. The third-order valence-electron chi connectivity index (χ3n) is 3.34. The molecule has 6 nitrogen and oxygen atoms in total. The first-order chi connectivity index (χ1) is 12.3. The number of amides is 1. The van der Waals surface area contributed by atoms with E-state index in [1.807, 2.05) is 13.1 Å². The number of carbonyl (C=O) groups is 1. The predicted octanol–water partition coefficient (Wildman–Crippen LogP) is 3.77. The van der Waals surface area contributed by atoms with Crippen molar-refractivity contribution in [2.75, 3.05) is 11.9 Å². The molecule has 0 aliphatic carbocycles. The zero-order valence-corrected chi connectivity index (χ0v) is 14.5. The van der Waals surface area contributed by atoms with Crippen molar-refractivity contribution in [2.24, 2.45) is 0 Å². The molecule has 10 heteroatoms. The van der Waals surface area contributed by atoms with E-state index in [0.29, 0.717) is 21.9 Å². The summed E-state index contributed by atoms with van der Waals surface area (Å²) in [6, 6.07) is 4.44. The predicted molar refractivity (Wildman–Crippen MR) is 91.4 cm³/mol. The number of alkyl halides is 3. The van der Waals surface area contributed by atoms with Gasteiger partial charge in [0.25, 0.3) is 0 Å². The number of anilines is 1. The van der Waals surface area contributed by atoms with Crippen LogP contribution in [0, 0.1) is 6.92 Å². The topological polar surface area (TPSA) is 69.0 Å². The van der Waals surface area contributed by atoms with Crippen LogP contribution in [0.25, 0.3) is 10.2 Å². The molecule has 1 amide bonds. The first kappa shape index (κ1) is 18.2. The largest absolute Gasteiger partial charge is 0.484 e. The highest BCUT2D eigenvalue weighted by Crippen LogP contribution is 2.30. The van der Waals surface area contributed by atoms with Crippen LogP contribution >= 0.6 is 11.3 Å². The van der Waals surface area contributed by atoms with Crippen LogP contribution in [0.2, 0.25) is 0 Å². The highest BCUT2D eigenvalue weighted by molar-refractivity contribution is 7.22. The van der Waals surface area contributed by atoms with E-state index in [0.717, 1.165) is 5.56 Å². The second-order valence-electron chi connectivity index (χ2n) is 5.63. The van der Waals surface area contributed by atoms with Crippen LogP contribution in [-0.2, 0) is 11.3 Å². The Morgan fingerprint density at radius 1 is 1.38 bits per heavy atom. The van der Waals surface area contributed by atoms with Crippen molar-refractivity contribution >= 4 is 32.6 Å². The van der Waals surface area contributed by atoms with Crippen molar-refractivity contribution in [3.63, 3.8) is 0 Å². The van der Waals surface area contributed by atoms with Crippen LogP contribution in [0.4, 0.5) is 18.3 Å². The molecule has 26 heavy (non-hydrogen) atoms. The van der Waals surface area contributed by atoms with Gasteiger partial charge in [0.2, 0.25) is 5.91 Å². The highest BCUT2D eigenvalue weighted by atomic mass is 32.1. The van der Waals surface area contributed by atoms with Crippen LogP contribution in [0.1, 0.15) is 12.0 Å². The smallest absolute Gasteiger partial charge is 0.422 e. The molecule has 0 radical (unpaired) electrons. The number of hydrogen-bond donors (Lipinski definition) is 1. The van der Waals surface area contributed by atoms with Crippen LogP contribution < -0.4 is 10.1 Å². The number of carbonyl (C=O) groups excluding carboxylic acids is 1. The number of nitrogens with one attached hydrogen (secondary N) is 1. The van der Waals surface area contributed by atoms with Gasteiger partial charge in [-0.3, -0.25) is 9.48 Å². The monoisotopic (exact) mass is 384 g/mol. The summed E-state index contributed by atoms with van der Waals surface area (Å²) in [7, 11) is 0. The molecule has 0 saturated heterocycles. The Balaban J connectivity index is 1.60. The third-order valence-corrected chi connectivity index (χ3v) is 4.27. The van der Waals surface area contributed by atoms with Gasteiger partial charge < -0.3 is 10.1 Å². The molecule has 2 aromatic heterocycles. The zero-order valence-electron chi connectivity index (χ0n) is 13.7. The summed E-state index contributed by atoms with van der Waals surface area (Å²) < 4.78 is 43.7. The molecule has 3 rings (SSSR count). The third kappa shape index (κ3) is 4.94. The number of nitrogens with zero attached hydrogens (tertiary/aromatic N) is 3. The van der Waals surface area contributed by atoms with Gasteiger partial charge in [-0.1, -0.05) is 11.3 Å². The number of hydrogen-bond acceptors (Lipinski definition) is 5. The van der Waals surface area contributed by atoms with Crippen LogP contribution in [-0.4, -0.2) is 33.5 Å². The van der Waals surface area contributed by atoms with E-state index in [1.165, 1.54) is 23.5 Å². The second kappa shape index (κ2) is 7.32. The summed E-state index contributed by atoms with van der Waals surface area (Å²) in [6.07, 6.45) is -0.608. The fraction of sp³-hybridized carbons (Fsp3) is 0.312. The first-order valence-corrected chi connectivity index (χ1v) is 8.49. The first-order valence-electron chi connectivity index (χ1n) is 7.67. The molecule has 1 aromatic carbocycles. The Morgan fingerprint density at radius 2 is 2.19 bits per heavy atom. The van der Waals surface area contributed by atoms with Crippen molar-refractivity contribution in [1.29, 1.82) is 0 Å². The Labute approximate surface area is 150 Å². The molecule has 2 heterocycles. The summed E-state index contributed by atoms with van der Waals surface area (Å²) in [5.74, 6) is -0.115. The number of benzene rings is 1. The van der Waals surface area contributed by atoms with Gasteiger partial charge in [0.05, 0.1) is 16.4 Å². The van der Waals surface area contributed by atoms with Gasteiger partial charge in [0.1, 0.15) is 5.75 Å². The molecule has 0 unspecified atom stereocenters. The minimum Gasteiger partial charge on any atom is -0.484 e. The molecular weight excluding hydrogens is 369 g/mol. The summed E-state index contributed by atoms with van der Waals surface area (Å²) >= 11 is 1.17. The Bertz CT molecular complexity index is 920. The number of halogens is 3. The number of fused-ring (bicyclic) bond motifs is 1. The maximum absolute atomic E-state index is 12.2. The molecule has 0 aliphatic rings. The van der Waals surface area contributed by atoms with Crippen LogP contribution in [0.5, 0.6) is 5.75 Å². The molecule has 3 aromatic rings. The van der Waals surface area contributed by atoms with E-state index in [4.69, 9.17) is 4.74 Å². The number of rotatable bonds is 6. The van der Waals surface area contributed by atoms with E-state index in [-0.39, 0.29) is 18.1 Å². The van der Waals surface area contributed by atoms with Crippen molar-refractivity contribution in [3.05, 3.63) is 36.2 Å². The molecule has 0 fully saturated rings. The average Bonchev–Trinajstić information content (AvgIpc) is 3.15. The Kier molecular flexibility index (Phi) is 5.12. The lowest BCUT2D eigenvalue weighted by Crippen LogP contribution is -2.19. The summed E-state index contributed by atoms with van der Waals surface area (Å²) in [4.78, 5) is 16.3. The summed E-state index contributed by atoms with van der Waals surface area (Å²) in [5.41, 5.74) is 1.59. The van der Waals surface area contributed by atoms with Gasteiger partial charge in [-0.25, -0.2) is 4.98 Å². The van der Waals surface area contributed by atoms with E-state index < -0.39 is 12.8 Å². The molecule has 0 aliphatic heterocycles. The quantitative estimate of drug-likeness (QED) is 0.702. The zero-order chi connectivity index (χ0) is 18.7. The van der Waals surface area contributed by atoms with Crippen molar-refractivity contribution in [3.8, 4) is 5.75 Å².